The molecule has 0 aliphatic carbocycles. The van der Waals surface area contributed by atoms with Crippen molar-refractivity contribution in [3.8, 4) is 0 Å². The molecule has 442 valence electrons. The van der Waals surface area contributed by atoms with Crippen LogP contribution in [0, 0.1) is 0 Å². The number of likely N-dealkylation sites (N-methyl/N-ethyl adjacent to an activating group) is 1. The second kappa shape index (κ2) is 58.4. The van der Waals surface area contributed by atoms with E-state index in [1.165, 1.54) is 128 Å². The molecule has 9 nitrogen and oxygen atoms in total. The van der Waals surface area contributed by atoms with Crippen LogP contribution >= 0.6 is 0 Å². The minimum absolute atomic E-state index is 0.143. The SMILES string of the molecule is CC/C=C\C/C=C\C/C=C\C/C=C\CCCCCCCCCCCCCCCCCCCCC(=O)OC(COC(=O)CCCCCCCCCC/C=C\C/C=C\C/C=C\C/C=C\CC)COC(OCC[N+](C)(C)C)C(=O)[O-]. The Morgan fingerprint density at radius 3 is 1.04 bits per heavy atom. The van der Waals surface area contributed by atoms with Gasteiger partial charge in [0.05, 0.1) is 40.3 Å². The highest BCUT2D eigenvalue weighted by atomic mass is 16.7. The maximum absolute atomic E-state index is 12.9. The van der Waals surface area contributed by atoms with Crippen molar-refractivity contribution < 1.29 is 42.9 Å². The van der Waals surface area contributed by atoms with E-state index in [1.54, 1.807) is 0 Å². The van der Waals surface area contributed by atoms with E-state index >= 15 is 0 Å². The maximum Gasteiger partial charge on any atom is 0.306 e. The number of unbranched alkanes of at least 4 members (excludes halogenated alkanes) is 26. The minimum Gasteiger partial charge on any atom is -0.545 e. The Hall–Kier alpha value is -3.79. The summed E-state index contributed by atoms with van der Waals surface area (Å²) in [7, 11) is 5.92. The third kappa shape index (κ3) is 59.7. The van der Waals surface area contributed by atoms with Crippen LogP contribution in [0.5, 0.6) is 0 Å². The number of aliphatic carboxylic acids is 1. The predicted molar refractivity (Wildman–Crippen MR) is 324 cm³/mol. The largest absolute Gasteiger partial charge is 0.545 e. The number of carboxylic acids is 1. The molecule has 77 heavy (non-hydrogen) atoms. The van der Waals surface area contributed by atoms with E-state index in [-0.39, 0.29) is 38.6 Å². The van der Waals surface area contributed by atoms with Gasteiger partial charge in [-0.05, 0) is 89.9 Å². The molecule has 0 aromatic rings. The molecule has 0 aromatic heterocycles. The van der Waals surface area contributed by atoms with Gasteiger partial charge in [-0.2, -0.15) is 0 Å². The van der Waals surface area contributed by atoms with Gasteiger partial charge in [-0.25, -0.2) is 0 Å². The van der Waals surface area contributed by atoms with Gasteiger partial charge < -0.3 is 33.3 Å². The van der Waals surface area contributed by atoms with Crippen LogP contribution in [0.4, 0.5) is 0 Å². The highest BCUT2D eigenvalue weighted by Gasteiger charge is 2.22. The van der Waals surface area contributed by atoms with E-state index in [9.17, 15) is 19.5 Å². The first-order chi connectivity index (χ1) is 37.6. The molecule has 0 saturated carbocycles. The zero-order chi connectivity index (χ0) is 56.2. The number of ether oxygens (including phenoxy) is 4. The fourth-order valence-corrected chi connectivity index (χ4v) is 8.58. The molecule has 9 heteroatoms. The standard InChI is InChI=1S/C68H117NO8/c1-6-8-10-12-14-16-18-20-22-24-26-28-29-30-31-32-33-34-35-36-37-39-41-43-45-47-49-51-53-55-57-59-66(71)77-64(63-76-68(67(72)73)74-61-60-69(3,4)5)62-75-65(70)58-56-54-52-50-48-46-44-42-40-38-27-25-23-21-19-17-15-13-11-9-7-2/h8-11,14-17,20-23,26-28,38,64,68H,6-7,12-13,18-19,24-25,29-37,39-63H2,1-5H3/b10-8-,11-9-,16-14-,17-15-,22-20-,23-21-,28-26-,38-27-. The van der Waals surface area contributed by atoms with Gasteiger partial charge in [0, 0.05) is 12.8 Å². The van der Waals surface area contributed by atoms with Crippen LogP contribution in [0.15, 0.2) is 97.2 Å². The van der Waals surface area contributed by atoms with Crippen molar-refractivity contribution in [3.05, 3.63) is 97.2 Å². The van der Waals surface area contributed by atoms with Crippen LogP contribution in [0.3, 0.4) is 0 Å². The summed E-state index contributed by atoms with van der Waals surface area (Å²) in [6.07, 6.45) is 76.1. The Kier molecular flexibility index (Phi) is 55.5. The Morgan fingerprint density at radius 2 is 0.701 bits per heavy atom. The highest BCUT2D eigenvalue weighted by Crippen LogP contribution is 2.17. The van der Waals surface area contributed by atoms with Crippen molar-refractivity contribution >= 4 is 17.9 Å². The normalized spacial score (nSPS) is 13.4. The molecule has 0 radical (unpaired) electrons. The summed E-state index contributed by atoms with van der Waals surface area (Å²) < 4.78 is 22.7. The van der Waals surface area contributed by atoms with Gasteiger partial charge in [-0.15, -0.1) is 0 Å². The van der Waals surface area contributed by atoms with Gasteiger partial charge >= 0.3 is 11.9 Å². The number of carbonyl (C=O) groups excluding carboxylic acids is 3. The quantitative estimate of drug-likeness (QED) is 0.0195. The summed E-state index contributed by atoms with van der Waals surface area (Å²) in [5.74, 6) is -2.29. The first-order valence-corrected chi connectivity index (χ1v) is 31.4. The molecule has 0 aliphatic rings. The summed E-state index contributed by atoms with van der Waals surface area (Å²) >= 11 is 0. The van der Waals surface area contributed by atoms with E-state index in [0.29, 0.717) is 17.4 Å². The molecule has 0 bridgehead atoms. The zero-order valence-corrected chi connectivity index (χ0v) is 50.3. The fraction of sp³-hybridized carbons (Fsp3) is 0.721. The van der Waals surface area contributed by atoms with Crippen LogP contribution < -0.4 is 5.11 Å². The molecule has 0 N–H and O–H groups in total. The van der Waals surface area contributed by atoms with E-state index < -0.39 is 24.3 Å². The molecule has 0 saturated heterocycles. The van der Waals surface area contributed by atoms with Crippen molar-refractivity contribution in [1.29, 1.82) is 0 Å². The average Bonchev–Trinajstić information content (AvgIpc) is 3.40. The molecule has 2 atom stereocenters. The molecule has 0 rings (SSSR count). The molecule has 0 fully saturated rings. The average molecular weight is 1080 g/mol. The van der Waals surface area contributed by atoms with Gasteiger partial charge in [0.2, 0.25) is 0 Å². The van der Waals surface area contributed by atoms with Gasteiger partial charge in [0.15, 0.2) is 12.4 Å². The van der Waals surface area contributed by atoms with E-state index in [1.807, 2.05) is 21.1 Å². The minimum atomic E-state index is -1.63. The van der Waals surface area contributed by atoms with Gasteiger partial charge in [0.25, 0.3) is 0 Å². The Labute approximate surface area is 473 Å². The number of nitrogens with zero attached hydrogens (tertiary/aromatic N) is 1. The maximum atomic E-state index is 12.9. The van der Waals surface area contributed by atoms with Gasteiger partial charge in [0.1, 0.15) is 13.2 Å². The van der Waals surface area contributed by atoms with Crippen LogP contribution in [0.25, 0.3) is 0 Å². The fourth-order valence-electron chi connectivity index (χ4n) is 8.58. The molecular formula is C68H117NO8. The number of carbonyl (C=O) groups is 3. The Morgan fingerprint density at radius 1 is 0.390 bits per heavy atom. The lowest BCUT2D eigenvalue weighted by atomic mass is 10.0. The summed E-state index contributed by atoms with van der Waals surface area (Å²) in [5.41, 5.74) is 0. The van der Waals surface area contributed by atoms with Crippen LogP contribution in [-0.4, -0.2) is 82.3 Å². The summed E-state index contributed by atoms with van der Waals surface area (Å²) in [6.45, 7) is 4.53. The second-order valence-corrected chi connectivity index (χ2v) is 21.9. The number of esters is 2. The van der Waals surface area contributed by atoms with Crippen molar-refractivity contribution in [1.82, 2.24) is 0 Å². The topological polar surface area (TPSA) is 111 Å². The van der Waals surface area contributed by atoms with Crippen LogP contribution in [-0.2, 0) is 33.3 Å². The number of hydrogen-bond donors (Lipinski definition) is 0. The molecule has 2 unspecified atom stereocenters. The van der Waals surface area contributed by atoms with Crippen molar-refractivity contribution in [2.24, 2.45) is 0 Å². The molecule has 0 aromatic carbocycles. The van der Waals surface area contributed by atoms with E-state index in [0.717, 1.165) is 96.3 Å². The number of quaternary nitrogens is 1. The van der Waals surface area contributed by atoms with Crippen molar-refractivity contribution in [2.75, 3.05) is 47.5 Å². The lowest BCUT2D eigenvalue weighted by Gasteiger charge is -2.26. The summed E-state index contributed by atoms with van der Waals surface area (Å²) in [4.78, 5) is 37.4. The zero-order valence-electron chi connectivity index (χ0n) is 50.3. The molecule has 0 heterocycles. The van der Waals surface area contributed by atoms with Crippen molar-refractivity contribution in [3.63, 3.8) is 0 Å². The first-order valence-electron chi connectivity index (χ1n) is 31.4. The molecular weight excluding hydrogens is 959 g/mol. The Bertz CT molecular complexity index is 1580. The third-order valence-corrected chi connectivity index (χ3v) is 13.3. The highest BCUT2D eigenvalue weighted by molar-refractivity contribution is 5.70. The summed E-state index contributed by atoms with van der Waals surface area (Å²) in [6, 6.07) is 0. The van der Waals surface area contributed by atoms with E-state index in [4.69, 9.17) is 18.9 Å². The number of carboxylic acid groups (broad SMARTS) is 1. The summed E-state index contributed by atoms with van der Waals surface area (Å²) in [5, 5.41) is 11.8. The predicted octanol–water partition coefficient (Wildman–Crippen LogP) is 17.6. The molecule has 0 spiro atoms. The lowest BCUT2D eigenvalue weighted by Crippen LogP contribution is -2.44. The Balaban J connectivity index is 4.16. The third-order valence-electron chi connectivity index (χ3n) is 13.3. The smallest absolute Gasteiger partial charge is 0.306 e. The number of allylic oxidation sites excluding steroid dienone is 16. The molecule has 0 aliphatic heterocycles. The van der Waals surface area contributed by atoms with E-state index in [2.05, 4.69) is 111 Å². The van der Waals surface area contributed by atoms with Crippen molar-refractivity contribution in [2.45, 2.75) is 270 Å². The second-order valence-electron chi connectivity index (χ2n) is 21.9. The van der Waals surface area contributed by atoms with Gasteiger partial charge in [-0.1, -0.05) is 252 Å². The lowest BCUT2D eigenvalue weighted by molar-refractivity contribution is -0.870. The monoisotopic (exact) mass is 1080 g/mol. The number of hydrogen-bond acceptors (Lipinski definition) is 8. The first kappa shape index (κ1) is 73.2. The molecule has 0 amide bonds. The van der Waals surface area contributed by atoms with Crippen LogP contribution in [0.1, 0.15) is 258 Å². The van der Waals surface area contributed by atoms with Crippen LogP contribution in [0.2, 0.25) is 0 Å². The van der Waals surface area contributed by atoms with Gasteiger partial charge in [-0.3, -0.25) is 9.59 Å². The number of rotatable bonds is 57.